The third-order valence-corrected chi connectivity index (χ3v) is 8.11. The fourth-order valence-corrected chi connectivity index (χ4v) is 6.25. The van der Waals surface area contributed by atoms with Crippen molar-refractivity contribution in [1.82, 2.24) is 19.8 Å². The maximum absolute atomic E-state index is 14.2. The first-order chi connectivity index (χ1) is 18.3. The van der Waals surface area contributed by atoms with Gasteiger partial charge in [0.05, 0.1) is 5.69 Å². The van der Waals surface area contributed by atoms with E-state index in [1.54, 1.807) is 67.6 Å². The predicted molar refractivity (Wildman–Crippen MR) is 141 cm³/mol. The van der Waals surface area contributed by atoms with E-state index in [1.807, 2.05) is 0 Å². The van der Waals surface area contributed by atoms with Crippen molar-refractivity contribution < 1.29 is 19.5 Å². The van der Waals surface area contributed by atoms with Crippen LogP contribution in [0.15, 0.2) is 89.1 Å². The van der Waals surface area contributed by atoms with E-state index in [1.165, 1.54) is 34.0 Å². The second kappa shape index (κ2) is 10.3. The first-order valence-corrected chi connectivity index (χ1v) is 12.9. The molecule has 11 heteroatoms. The number of carbonyl (C=O) groups excluding carboxylic acids is 2. The molecule has 4 atom stereocenters. The number of pyridine rings is 2. The number of amides is 2. The number of aromatic amines is 1. The zero-order valence-corrected chi connectivity index (χ0v) is 21.2. The molecule has 10 nitrogen and oxygen atoms in total. The third-order valence-electron chi connectivity index (χ3n) is 6.70. The molecule has 2 aromatic heterocycles. The Morgan fingerprint density at radius 1 is 1.13 bits per heavy atom. The summed E-state index contributed by atoms with van der Waals surface area (Å²) >= 11 is 1.36. The number of nitrogens with one attached hydrogen (secondary N) is 1. The van der Waals surface area contributed by atoms with Gasteiger partial charge < -0.3 is 20.7 Å². The lowest BCUT2D eigenvalue weighted by molar-refractivity contribution is -0.162. The van der Waals surface area contributed by atoms with E-state index in [4.69, 9.17) is 5.73 Å². The van der Waals surface area contributed by atoms with Gasteiger partial charge in [-0.1, -0.05) is 36.4 Å². The monoisotopic (exact) mass is 531 g/mol. The van der Waals surface area contributed by atoms with Crippen molar-refractivity contribution in [2.75, 3.05) is 5.75 Å². The largest absolute Gasteiger partial charge is 0.477 e. The van der Waals surface area contributed by atoms with Gasteiger partial charge in [-0.25, -0.2) is 4.79 Å². The summed E-state index contributed by atoms with van der Waals surface area (Å²) in [7, 11) is 0. The van der Waals surface area contributed by atoms with Crippen molar-refractivity contribution in [2.45, 2.75) is 30.4 Å². The Hall–Kier alpha value is -4.22. The molecule has 2 aliphatic heterocycles. The molecule has 0 bridgehead atoms. The van der Waals surface area contributed by atoms with Gasteiger partial charge in [-0.15, -0.1) is 11.8 Å². The number of aromatic nitrogens is 2. The van der Waals surface area contributed by atoms with E-state index in [2.05, 4.69) is 9.97 Å². The Kier molecular flexibility index (Phi) is 6.87. The predicted octanol–water partition coefficient (Wildman–Crippen LogP) is 2.03. The quantitative estimate of drug-likeness (QED) is 0.392. The van der Waals surface area contributed by atoms with Crippen molar-refractivity contribution >= 4 is 29.5 Å². The van der Waals surface area contributed by atoms with Gasteiger partial charge in [0.15, 0.2) is 0 Å². The average Bonchev–Trinajstić information content (AvgIpc) is 2.93. The SMILES string of the molecule is CC1=C(C(=O)O)N2C(=O)[C@@H](N(C(=O)[C@H](N)c3ccccc3)C(c3ccccn3)c3ccc[nH]c3=O)[C@H]2SC1. The van der Waals surface area contributed by atoms with Crippen LogP contribution in [0, 0.1) is 0 Å². The Bertz CT molecular complexity index is 1480. The summed E-state index contributed by atoms with van der Waals surface area (Å²) in [6.07, 6.45) is 3.02. The van der Waals surface area contributed by atoms with Gasteiger partial charge in [0.1, 0.15) is 29.2 Å². The van der Waals surface area contributed by atoms with E-state index in [0.717, 1.165) is 0 Å². The van der Waals surface area contributed by atoms with Gasteiger partial charge in [0, 0.05) is 23.7 Å². The number of nitrogens with two attached hydrogens (primary N) is 1. The molecule has 4 N–H and O–H groups in total. The maximum atomic E-state index is 14.2. The highest BCUT2D eigenvalue weighted by Crippen LogP contribution is 2.45. The van der Waals surface area contributed by atoms with E-state index in [0.29, 0.717) is 22.6 Å². The third kappa shape index (κ3) is 4.29. The van der Waals surface area contributed by atoms with Crippen molar-refractivity contribution in [3.8, 4) is 0 Å². The number of carbonyl (C=O) groups is 3. The Labute approximate surface area is 222 Å². The fourth-order valence-electron chi connectivity index (χ4n) is 4.91. The van der Waals surface area contributed by atoms with Crippen molar-refractivity contribution in [3.05, 3.63) is 112 Å². The van der Waals surface area contributed by atoms with Gasteiger partial charge in [-0.2, -0.15) is 0 Å². The summed E-state index contributed by atoms with van der Waals surface area (Å²) in [6.45, 7) is 1.67. The van der Waals surface area contributed by atoms with Crippen LogP contribution in [0.25, 0.3) is 0 Å². The summed E-state index contributed by atoms with van der Waals surface area (Å²) in [5.41, 5.74) is 7.61. The second-order valence-corrected chi connectivity index (χ2v) is 10.1. The van der Waals surface area contributed by atoms with E-state index in [-0.39, 0.29) is 11.3 Å². The molecule has 0 radical (unpaired) electrons. The lowest BCUT2D eigenvalue weighted by atomic mass is 9.93. The molecular weight excluding hydrogens is 506 g/mol. The summed E-state index contributed by atoms with van der Waals surface area (Å²) < 4.78 is 0. The minimum atomic E-state index is -1.21. The van der Waals surface area contributed by atoms with Crippen LogP contribution in [0.2, 0.25) is 0 Å². The van der Waals surface area contributed by atoms with Crippen molar-refractivity contribution in [2.24, 2.45) is 5.73 Å². The zero-order valence-electron chi connectivity index (χ0n) is 20.4. The number of carboxylic acids is 1. The summed E-state index contributed by atoms with van der Waals surface area (Å²) in [5, 5.41) is 9.14. The number of hydrogen-bond acceptors (Lipinski definition) is 7. The normalized spacial score (nSPS) is 20.3. The van der Waals surface area contributed by atoms with Crippen LogP contribution in [0.3, 0.4) is 0 Å². The highest BCUT2D eigenvalue weighted by Gasteiger charge is 2.58. The van der Waals surface area contributed by atoms with E-state index < -0.39 is 46.8 Å². The molecule has 1 unspecified atom stereocenters. The first-order valence-electron chi connectivity index (χ1n) is 11.9. The van der Waals surface area contributed by atoms with Crippen molar-refractivity contribution in [3.63, 3.8) is 0 Å². The molecule has 38 heavy (non-hydrogen) atoms. The number of β-lactam (4-membered cyclic amide) rings is 1. The number of hydrogen-bond donors (Lipinski definition) is 3. The summed E-state index contributed by atoms with van der Waals surface area (Å²) in [4.78, 5) is 62.6. The lowest BCUT2D eigenvalue weighted by Crippen LogP contribution is -2.72. The van der Waals surface area contributed by atoms with Gasteiger partial charge in [0.2, 0.25) is 5.91 Å². The number of thioether (sulfide) groups is 1. The number of fused-ring (bicyclic) bond motifs is 1. The van der Waals surface area contributed by atoms with Crippen LogP contribution in [-0.4, -0.2) is 59.8 Å². The van der Waals surface area contributed by atoms with Gasteiger partial charge in [-0.05, 0) is 42.3 Å². The van der Waals surface area contributed by atoms with Gasteiger partial charge in [-0.3, -0.25) is 24.3 Å². The van der Waals surface area contributed by atoms with Crippen LogP contribution in [0.1, 0.15) is 35.8 Å². The molecule has 194 valence electrons. The van der Waals surface area contributed by atoms with Crippen LogP contribution in [0.5, 0.6) is 0 Å². The van der Waals surface area contributed by atoms with E-state index >= 15 is 0 Å². The van der Waals surface area contributed by atoms with E-state index in [9.17, 15) is 24.3 Å². The topological polar surface area (TPSA) is 150 Å². The molecule has 2 amide bonds. The number of benzene rings is 1. The summed E-state index contributed by atoms with van der Waals surface area (Å²) in [6, 6.07) is 13.8. The average molecular weight is 532 g/mol. The minimum Gasteiger partial charge on any atom is -0.477 e. The molecule has 1 saturated heterocycles. The van der Waals surface area contributed by atoms with Crippen LogP contribution >= 0.6 is 11.8 Å². The molecule has 5 rings (SSSR count). The molecule has 1 aromatic carbocycles. The fraction of sp³-hybridized carbons (Fsp3) is 0.222. The Morgan fingerprint density at radius 2 is 1.87 bits per heavy atom. The molecule has 4 heterocycles. The Morgan fingerprint density at radius 3 is 2.53 bits per heavy atom. The number of nitrogens with zero attached hydrogens (tertiary/aromatic N) is 3. The number of H-pyrrole nitrogens is 1. The molecule has 0 saturated carbocycles. The highest BCUT2D eigenvalue weighted by atomic mass is 32.2. The van der Waals surface area contributed by atoms with Gasteiger partial charge in [0.25, 0.3) is 11.5 Å². The summed E-state index contributed by atoms with van der Waals surface area (Å²) in [5.74, 6) is -1.98. The highest BCUT2D eigenvalue weighted by molar-refractivity contribution is 8.00. The molecule has 0 spiro atoms. The minimum absolute atomic E-state index is 0.0818. The van der Waals surface area contributed by atoms with Crippen LogP contribution in [0.4, 0.5) is 0 Å². The maximum Gasteiger partial charge on any atom is 0.352 e. The van der Waals surface area contributed by atoms with Gasteiger partial charge >= 0.3 is 5.97 Å². The smallest absolute Gasteiger partial charge is 0.352 e. The molecule has 2 aliphatic rings. The van der Waals surface area contributed by atoms with Crippen LogP contribution < -0.4 is 11.3 Å². The number of carboxylic acid groups (broad SMARTS) is 1. The standard InChI is InChI=1S/C27H25N5O5S/c1-15-14-38-26-22(25(35)32(26)20(15)27(36)37)31(24(34)19(28)16-8-3-2-4-9-16)21(18-11-5-6-12-29-18)17-10-7-13-30-23(17)33/h2-13,19,21-22,26H,14,28H2,1H3,(H,30,33)(H,36,37)/t19-,21?,22-,26-/m1/s1. The number of rotatable bonds is 7. The zero-order chi connectivity index (χ0) is 27.0. The first kappa shape index (κ1) is 25.4. The van der Waals surface area contributed by atoms with Crippen molar-refractivity contribution in [1.29, 1.82) is 0 Å². The molecule has 1 fully saturated rings. The second-order valence-electron chi connectivity index (χ2n) is 9.03. The molecular formula is C27H25N5O5S. The Balaban J connectivity index is 1.67. The van der Waals surface area contributed by atoms with Crippen LogP contribution in [-0.2, 0) is 14.4 Å². The molecule has 3 aromatic rings. The molecule has 0 aliphatic carbocycles. The number of aliphatic carboxylic acids is 1. The lowest BCUT2D eigenvalue weighted by Gasteiger charge is -2.54.